The summed E-state index contributed by atoms with van der Waals surface area (Å²) in [7, 11) is 2.16. The van der Waals surface area contributed by atoms with E-state index in [-0.39, 0.29) is 42.7 Å². The first kappa shape index (κ1) is 47.7. The Morgan fingerprint density at radius 3 is 1.88 bits per heavy atom. The molecule has 0 saturated heterocycles. The summed E-state index contributed by atoms with van der Waals surface area (Å²) in [6.07, 6.45) is 5.19. The van der Waals surface area contributed by atoms with Crippen LogP contribution in [0.25, 0.3) is 50.0 Å². The average Bonchev–Trinajstić information content (AvgIpc) is 3.95. The topological polar surface area (TPSA) is 59.3 Å². The van der Waals surface area contributed by atoms with Crippen LogP contribution in [0, 0.1) is 18.8 Å². The molecule has 5 heterocycles. The summed E-state index contributed by atoms with van der Waals surface area (Å²) in [5, 5.41) is 2.11. The molecule has 0 unspecified atom stereocenters. The van der Waals surface area contributed by atoms with E-state index < -0.39 is 5.41 Å². The molecule has 366 valence electrons. The Kier molecular flexibility index (Phi) is 10.8. The minimum absolute atomic E-state index is 0. The molecule has 0 saturated carbocycles. The molecule has 1 spiro atoms. The van der Waals surface area contributed by atoms with Gasteiger partial charge in [0, 0.05) is 73.0 Å². The third kappa shape index (κ3) is 7.04. The van der Waals surface area contributed by atoms with Crippen LogP contribution in [0.2, 0.25) is 0 Å². The number of pyridine rings is 1. The summed E-state index contributed by atoms with van der Waals surface area (Å²) in [4.78, 5) is 18.5. The van der Waals surface area contributed by atoms with Crippen molar-refractivity contribution in [2.75, 3.05) is 16.8 Å². The first-order valence-corrected chi connectivity index (χ1v) is 25.0. The van der Waals surface area contributed by atoms with Gasteiger partial charge in [-0.05, 0) is 114 Å². The van der Waals surface area contributed by atoms with Crippen molar-refractivity contribution >= 4 is 38.9 Å². The Morgan fingerprint density at radius 2 is 1.26 bits per heavy atom. The zero-order chi connectivity index (χ0) is 49.7. The van der Waals surface area contributed by atoms with Crippen LogP contribution in [0.1, 0.15) is 128 Å². The molecule has 6 aromatic carbocycles. The van der Waals surface area contributed by atoms with Crippen LogP contribution in [0.4, 0.5) is 17.1 Å². The van der Waals surface area contributed by atoms with Crippen molar-refractivity contribution in [2.45, 2.75) is 110 Å². The first-order chi connectivity index (χ1) is 33.7. The van der Waals surface area contributed by atoms with Crippen molar-refractivity contribution < 1.29 is 25.8 Å². The SMILES string of the molecule is CN1[CH-]N2c3[c-]c(Oc4[c-]c5c(cc4-c4ccncn4)c4ccccc4n5-c4ccccn4)ccc3C3(c4cccc1c42)c1c(cc(C(C)(C)C)cc1C(C)(C)C)-c1cc(C(C)(C)C)cc(C(C)(C)C)c13.[Pt]. The van der Waals surface area contributed by atoms with Crippen LogP contribution in [0.5, 0.6) is 11.5 Å². The molecule has 0 radical (unpaired) electrons. The van der Waals surface area contributed by atoms with Gasteiger partial charge in [0.15, 0.2) is 0 Å². The van der Waals surface area contributed by atoms with Crippen LogP contribution in [0.3, 0.4) is 0 Å². The number of nitrogens with zero attached hydrogens (tertiary/aromatic N) is 6. The Hall–Kier alpha value is -6.56. The van der Waals surface area contributed by atoms with E-state index in [1.165, 1.54) is 61.3 Å². The smallest absolute Gasteiger partial charge is 0.135 e. The number of aromatic nitrogens is 4. The average molecular weight is 1130 g/mol. The van der Waals surface area contributed by atoms with Crippen LogP contribution in [-0.4, -0.2) is 26.6 Å². The number of rotatable bonds is 4. The van der Waals surface area contributed by atoms with Gasteiger partial charge in [0.05, 0.1) is 0 Å². The van der Waals surface area contributed by atoms with Crippen LogP contribution >= 0.6 is 0 Å². The number of anilines is 3. The maximum absolute atomic E-state index is 7.24. The zero-order valence-electron chi connectivity index (χ0n) is 43.6. The third-order valence-electron chi connectivity index (χ3n) is 15.2. The van der Waals surface area contributed by atoms with Crippen molar-refractivity contribution in [3.05, 3.63) is 191 Å². The standard InChI is InChI=1S/C64H61N6O.Pt/c1-60(2,3)38-29-43-44-30-39(61(4,5)6)32-49(63(10,11)12)58(44)64(57(43)48(31-38)62(7,8)9)46-25-24-40(33-54(46)69-37-68(13)52-22-18-20-47(64)59(52)69)71-55-35-53-42(34-45(55)50-26-28-65-36-67-50)41-19-14-15-21-51(41)70(53)56-23-16-17-27-66-56;/h14-32,34,36-37H,1-13H3;/q-3;. The van der Waals surface area contributed by atoms with Gasteiger partial charge in [-0.1, -0.05) is 161 Å². The third-order valence-corrected chi connectivity index (χ3v) is 15.2. The molecule has 12 rings (SSSR count). The van der Waals surface area contributed by atoms with E-state index in [9.17, 15) is 0 Å². The van der Waals surface area contributed by atoms with Crippen LogP contribution < -0.4 is 14.5 Å². The maximum Gasteiger partial charge on any atom is 0.135 e. The molecule has 0 amide bonds. The van der Waals surface area contributed by atoms with Gasteiger partial charge < -0.3 is 19.1 Å². The van der Waals surface area contributed by atoms with E-state index in [0.717, 1.165) is 50.3 Å². The van der Waals surface area contributed by atoms with Gasteiger partial charge in [0.1, 0.15) is 12.1 Å². The minimum atomic E-state index is -0.714. The fraction of sp³-hybridized carbons (Fsp3) is 0.281. The van der Waals surface area contributed by atoms with E-state index in [0.29, 0.717) is 11.5 Å². The molecule has 3 aromatic heterocycles. The van der Waals surface area contributed by atoms with Crippen LogP contribution in [0.15, 0.2) is 128 Å². The predicted octanol–water partition coefficient (Wildman–Crippen LogP) is 15.6. The van der Waals surface area contributed by atoms with E-state index >= 15 is 0 Å². The molecule has 7 nitrogen and oxygen atoms in total. The molecule has 0 bridgehead atoms. The molecule has 2 aliphatic heterocycles. The maximum atomic E-state index is 7.24. The van der Waals surface area contributed by atoms with Gasteiger partial charge in [0.25, 0.3) is 0 Å². The van der Waals surface area contributed by atoms with Crippen LogP contribution in [-0.2, 0) is 48.1 Å². The normalized spacial score (nSPS) is 14.6. The Balaban J connectivity index is 0.00000560. The molecule has 1 aliphatic carbocycles. The number of fused-ring (bicyclic) bond motifs is 12. The van der Waals surface area contributed by atoms with Crippen molar-refractivity contribution in [2.24, 2.45) is 0 Å². The van der Waals surface area contributed by atoms with E-state index in [2.05, 4.69) is 213 Å². The van der Waals surface area contributed by atoms with Crippen molar-refractivity contribution in [1.82, 2.24) is 19.5 Å². The summed E-state index contributed by atoms with van der Waals surface area (Å²) in [5.74, 6) is 1.91. The second kappa shape index (κ2) is 16.2. The monoisotopic (exact) mass is 1120 g/mol. The molecular weight excluding hydrogens is 1060 g/mol. The quantitative estimate of drug-likeness (QED) is 0.164. The first-order valence-electron chi connectivity index (χ1n) is 25.0. The number of benzene rings is 6. The van der Waals surface area contributed by atoms with E-state index in [1.54, 1.807) is 12.5 Å². The predicted molar refractivity (Wildman–Crippen MR) is 291 cm³/mol. The Morgan fingerprint density at radius 1 is 0.597 bits per heavy atom. The van der Waals surface area contributed by atoms with Crippen molar-refractivity contribution in [3.8, 4) is 39.7 Å². The van der Waals surface area contributed by atoms with Gasteiger partial charge in [0.2, 0.25) is 0 Å². The summed E-state index contributed by atoms with van der Waals surface area (Å²) in [5.41, 5.74) is 18.7. The molecule has 0 fully saturated rings. The number of hydrogen-bond donors (Lipinski definition) is 0. The van der Waals surface area contributed by atoms with E-state index in [4.69, 9.17) is 14.7 Å². The second-order valence-corrected chi connectivity index (χ2v) is 24.0. The van der Waals surface area contributed by atoms with E-state index in [1.807, 2.05) is 30.5 Å². The minimum Gasteiger partial charge on any atom is -0.508 e. The van der Waals surface area contributed by atoms with Gasteiger partial charge >= 0.3 is 0 Å². The molecule has 0 atom stereocenters. The molecule has 72 heavy (non-hydrogen) atoms. The molecule has 9 aromatic rings. The van der Waals surface area contributed by atoms with Crippen molar-refractivity contribution in [1.29, 1.82) is 0 Å². The van der Waals surface area contributed by atoms with Gasteiger partial charge in [-0.3, -0.25) is 0 Å². The Bertz CT molecular complexity index is 3580. The zero-order valence-corrected chi connectivity index (χ0v) is 45.9. The molecular formula is C64H61N6OPt-3. The fourth-order valence-electron chi connectivity index (χ4n) is 11.7. The largest absolute Gasteiger partial charge is 0.508 e. The fourth-order valence-corrected chi connectivity index (χ4v) is 11.7. The number of hydrogen-bond acceptors (Lipinski definition) is 6. The summed E-state index contributed by atoms with van der Waals surface area (Å²) in [6.45, 7) is 30.7. The summed E-state index contributed by atoms with van der Waals surface area (Å²) in [6, 6.07) is 47.8. The number of para-hydroxylation sites is 2. The summed E-state index contributed by atoms with van der Waals surface area (Å²) >= 11 is 0. The van der Waals surface area contributed by atoms with Gasteiger partial charge in [-0.15, -0.1) is 29.1 Å². The summed E-state index contributed by atoms with van der Waals surface area (Å²) < 4.78 is 9.41. The second-order valence-electron chi connectivity index (χ2n) is 24.0. The Labute approximate surface area is 439 Å². The number of ether oxygens (including phenoxy) is 1. The van der Waals surface area contributed by atoms with Gasteiger partial charge in [-0.25, -0.2) is 15.0 Å². The molecule has 8 heteroatoms. The van der Waals surface area contributed by atoms with Gasteiger partial charge in [-0.2, -0.15) is 18.8 Å². The van der Waals surface area contributed by atoms with Crippen molar-refractivity contribution in [3.63, 3.8) is 0 Å². The molecule has 0 N–H and O–H groups in total. The molecule has 3 aliphatic rings.